The number of benzene rings is 2. The molecule has 1 aliphatic rings. The molecule has 3 nitrogen and oxygen atoms in total. The Kier molecular flexibility index (Phi) is 4.93. The van der Waals surface area contributed by atoms with Crippen LogP contribution in [0.1, 0.15) is 40.1 Å². The van der Waals surface area contributed by atoms with E-state index in [0.717, 1.165) is 18.1 Å². The topological polar surface area (TPSA) is 53.2 Å². The molecule has 1 N–H and O–H groups in total. The van der Waals surface area contributed by atoms with Gasteiger partial charge in [-0.15, -0.1) is 0 Å². The van der Waals surface area contributed by atoms with Crippen molar-refractivity contribution in [2.24, 2.45) is 0 Å². The van der Waals surface area contributed by atoms with Crippen molar-refractivity contribution in [1.29, 1.82) is 5.26 Å². The summed E-state index contributed by atoms with van der Waals surface area (Å²) in [7, 11) is 0. The molecule has 0 heterocycles. The number of nitrogens with zero attached hydrogens (tertiary/aromatic N) is 1. The second-order valence-electron chi connectivity index (χ2n) is 5.73. The van der Waals surface area contributed by atoms with Gasteiger partial charge in [0.25, 0.3) is 0 Å². The molecule has 0 radical (unpaired) electrons. The average molecular weight is 365 g/mol. The van der Waals surface area contributed by atoms with E-state index in [1.807, 2.05) is 6.07 Å². The molecule has 0 amide bonds. The molecule has 2 aromatic rings. The van der Waals surface area contributed by atoms with Crippen molar-refractivity contribution >= 4 is 12.0 Å². The SMILES string of the molecule is CSOc1ccc(Cc2cc(F)cc(C#N)c2)c2c1C(O)C(F)C2F. The molecular weight excluding hydrogens is 351 g/mol. The number of hydrogen-bond donors (Lipinski definition) is 1. The summed E-state index contributed by atoms with van der Waals surface area (Å²) in [4.78, 5) is 0. The predicted molar refractivity (Wildman–Crippen MR) is 88.2 cm³/mol. The highest BCUT2D eigenvalue weighted by Crippen LogP contribution is 2.49. The Morgan fingerprint density at radius 2 is 2.00 bits per heavy atom. The second-order valence-corrected chi connectivity index (χ2v) is 6.23. The Bertz CT molecular complexity index is 853. The van der Waals surface area contributed by atoms with E-state index in [1.54, 1.807) is 12.3 Å². The fourth-order valence-corrected chi connectivity index (χ4v) is 3.45. The van der Waals surface area contributed by atoms with E-state index in [0.29, 0.717) is 11.1 Å². The molecule has 3 unspecified atom stereocenters. The molecule has 0 fully saturated rings. The van der Waals surface area contributed by atoms with Crippen LogP contribution in [0.4, 0.5) is 13.2 Å². The third kappa shape index (κ3) is 3.20. The molecule has 3 atom stereocenters. The molecule has 0 aromatic heterocycles. The minimum absolute atomic E-state index is 0.0364. The van der Waals surface area contributed by atoms with Gasteiger partial charge in [0, 0.05) is 17.4 Å². The molecule has 25 heavy (non-hydrogen) atoms. The molecule has 3 rings (SSSR count). The first-order valence-corrected chi connectivity index (χ1v) is 8.63. The molecular formula is C18H14F3NO2S. The largest absolute Gasteiger partial charge is 0.426 e. The van der Waals surface area contributed by atoms with Crippen LogP contribution in [0, 0.1) is 17.1 Å². The number of fused-ring (bicyclic) bond motifs is 1. The smallest absolute Gasteiger partial charge is 0.165 e. The molecule has 7 heteroatoms. The normalized spacial score (nSPS) is 21.7. The van der Waals surface area contributed by atoms with E-state index in [2.05, 4.69) is 0 Å². The summed E-state index contributed by atoms with van der Waals surface area (Å²) in [5.41, 5.74) is 1.15. The molecule has 130 valence electrons. The summed E-state index contributed by atoms with van der Waals surface area (Å²) in [5.74, 6) is -0.369. The Morgan fingerprint density at radius 3 is 2.68 bits per heavy atom. The summed E-state index contributed by atoms with van der Waals surface area (Å²) in [6.45, 7) is 0. The van der Waals surface area contributed by atoms with Crippen LogP contribution in [0.2, 0.25) is 0 Å². The maximum absolute atomic E-state index is 14.4. The van der Waals surface area contributed by atoms with Crippen molar-refractivity contribution in [1.82, 2.24) is 0 Å². The van der Waals surface area contributed by atoms with Crippen LogP contribution in [-0.4, -0.2) is 17.5 Å². The maximum Gasteiger partial charge on any atom is 0.165 e. The number of rotatable bonds is 4. The van der Waals surface area contributed by atoms with Crippen molar-refractivity contribution in [3.8, 4) is 11.8 Å². The summed E-state index contributed by atoms with van der Waals surface area (Å²) < 4.78 is 47.4. The van der Waals surface area contributed by atoms with Crippen molar-refractivity contribution in [2.45, 2.75) is 24.9 Å². The van der Waals surface area contributed by atoms with Crippen molar-refractivity contribution in [2.75, 3.05) is 6.26 Å². The van der Waals surface area contributed by atoms with Crippen LogP contribution >= 0.6 is 12.0 Å². The van der Waals surface area contributed by atoms with Crippen LogP contribution in [-0.2, 0) is 6.42 Å². The fourth-order valence-electron chi connectivity index (χ4n) is 3.12. The summed E-state index contributed by atoms with van der Waals surface area (Å²) >= 11 is 1.00. The number of nitriles is 1. The molecule has 1 aliphatic carbocycles. The number of aliphatic hydroxyl groups excluding tert-OH is 1. The Labute approximate surface area is 147 Å². The van der Waals surface area contributed by atoms with Crippen molar-refractivity contribution < 1.29 is 22.5 Å². The third-order valence-electron chi connectivity index (χ3n) is 4.14. The summed E-state index contributed by atoms with van der Waals surface area (Å²) in [6, 6.07) is 8.79. The van der Waals surface area contributed by atoms with Gasteiger partial charge < -0.3 is 9.29 Å². The highest BCUT2D eigenvalue weighted by molar-refractivity contribution is 7.94. The van der Waals surface area contributed by atoms with Crippen LogP contribution in [0.5, 0.6) is 5.75 Å². The highest BCUT2D eigenvalue weighted by atomic mass is 32.2. The molecule has 2 aromatic carbocycles. The van der Waals surface area contributed by atoms with Gasteiger partial charge in [-0.05, 0) is 41.8 Å². The van der Waals surface area contributed by atoms with Gasteiger partial charge >= 0.3 is 0 Å². The minimum Gasteiger partial charge on any atom is -0.426 e. The number of aliphatic hydroxyl groups is 1. The van der Waals surface area contributed by atoms with E-state index in [-0.39, 0.29) is 28.9 Å². The highest BCUT2D eigenvalue weighted by Gasteiger charge is 2.44. The van der Waals surface area contributed by atoms with E-state index >= 15 is 0 Å². The average Bonchev–Trinajstić information content (AvgIpc) is 2.82. The first-order chi connectivity index (χ1) is 12.0. The van der Waals surface area contributed by atoms with E-state index in [1.165, 1.54) is 18.2 Å². The first kappa shape index (κ1) is 17.6. The summed E-state index contributed by atoms with van der Waals surface area (Å²) in [5, 5.41) is 19.0. The lowest BCUT2D eigenvalue weighted by atomic mass is 9.95. The lowest BCUT2D eigenvalue weighted by Gasteiger charge is -2.14. The van der Waals surface area contributed by atoms with Crippen molar-refractivity contribution in [3.63, 3.8) is 0 Å². The minimum atomic E-state index is -2.08. The zero-order valence-electron chi connectivity index (χ0n) is 13.2. The molecule has 0 aliphatic heterocycles. The number of halogens is 3. The first-order valence-electron chi connectivity index (χ1n) is 7.48. The second kappa shape index (κ2) is 6.98. The maximum atomic E-state index is 14.4. The Hall–Kier alpha value is -2.17. The van der Waals surface area contributed by atoms with E-state index < -0.39 is 24.3 Å². The van der Waals surface area contributed by atoms with E-state index in [4.69, 9.17) is 9.44 Å². The predicted octanol–water partition coefficient (Wildman–Crippen LogP) is 4.34. The van der Waals surface area contributed by atoms with Crippen LogP contribution in [0.3, 0.4) is 0 Å². The number of hydrogen-bond acceptors (Lipinski definition) is 4. The Morgan fingerprint density at radius 1 is 1.24 bits per heavy atom. The van der Waals surface area contributed by atoms with Crippen LogP contribution in [0.15, 0.2) is 30.3 Å². The van der Waals surface area contributed by atoms with Gasteiger partial charge in [0.15, 0.2) is 12.3 Å². The lowest BCUT2D eigenvalue weighted by Crippen LogP contribution is -2.09. The van der Waals surface area contributed by atoms with Gasteiger partial charge in [0.1, 0.15) is 17.7 Å². The van der Waals surface area contributed by atoms with E-state index in [9.17, 15) is 18.3 Å². The molecule has 0 spiro atoms. The van der Waals surface area contributed by atoms with Gasteiger partial charge in [-0.1, -0.05) is 6.07 Å². The fraction of sp³-hybridized carbons (Fsp3) is 0.278. The van der Waals surface area contributed by atoms with Gasteiger partial charge in [-0.2, -0.15) is 5.26 Å². The van der Waals surface area contributed by atoms with Crippen molar-refractivity contribution in [3.05, 3.63) is 64.0 Å². The quantitative estimate of drug-likeness (QED) is 0.819. The standard InChI is InChI=1S/C18H14F3NO2S/c1-25-24-13-3-2-11(14-15(13)18(23)17(21)16(14)20)5-9-4-10(8-22)7-12(19)6-9/h2-4,6-7,16-18,23H,5H2,1H3. The Balaban J connectivity index is 2.07. The van der Waals surface area contributed by atoms with Gasteiger partial charge in [-0.3, -0.25) is 0 Å². The molecule has 0 bridgehead atoms. The lowest BCUT2D eigenvalue weighted by molar-refractivity contribution is 0.0462. The third-order valence-corrected chi connectivity index (χ3v) is 4.49. The van der Waals surface area contributed by atoms with Crippen LogP contribution < -0.4 is 4.18 Å². The van der Waals surface area contributed by atoms with Crippen LogP contribution in [0.25, 0.3) is 0 Å². The molecule has 0 saturated carbocycles. The monoisotopic (exact) mass is 365 g/mol. The van der Waals surface area contributed by atoms with Gasteiger partial charge in [-0.25, -0.2) is 13.2 Å². The van der Waals surface area contributed by atoms with Gasteiger partial charge in [0.05, 0.1) is 23.7 Å². The zero-order chi connectivity index (χ0) is 18.1. The zero-order valence-corrected chi connectivity index (χ0v) is 14.0. The van der Waals surface area contributed by atoms with Gasteiger partial charge in [0.2, 0.25) is 0 Å². The number of alkyl halides is 2. The summed E-state index contributed by atoms with van der Waals surface area (Å²) in [6.07, 6.45) is -3.93. The molecule has 0 saturated heterocycles.